The van der Waals surface area contributed by atoms with Gasteiger partial charge in [0.25, 0.3) is 0 Å². The highest BCUT2D eigenvalue weighted by molar-refractivity contribution is 5.12. The Labute approximate surface area is 115 Å². The van der Waals surface area contributed by atoms with Crippen molar-refractivity contribution in [2.24, 2.45) is 5.92 Å². The predicted octanol–water partition coefficient (Wildman–Crippen LogP) is 2.38. The molecule has 0 amide bonds. The summed E-state index contributed by atoms with van der Waals surface area (Å²) in [4.78, 5) is 8.63. The van der Waals surface area contributed by atoms with Crippen molar-refractivity contribution in [3.8, 4) is 0 Å². The fourth-order valence-electron chi connectivity index (χ4n) is 2.76. The molecule has 0 radical (unpaired) electrons. The van der Waals surface area contributed by atoms with Crippen LogP contribution in [0.4, 0.5) is 0 Å². The van der Waals surface area contributed by atoms with Gasteiger partial charge in [0.1, 0.15) is 0 Å². The largest absolute Gasteiger partial charge is 0.389 e. The second kappa shape index (κ2) is 5.97. The van der Waals surface area contributed by atoms with E-state index in [9.17, 15) is 5.11 Å². The van der Waals surface area contributed by atoms with E-state index in [0.29, 0.717) is 6.54 Å². The summed E-state index contributed by atoms with van der Waals surface area (Å²) in [5.74, 6) is 0.750. The van der Waals surface area contributed by atoms with Gasteiger partial charge in [0.2, 0.25) is 0 Å². The number of aryl methyl sites for hydroxylation is 1. The van der Waals surface area contributed by atoms with Gasteiger partial charge in [0.05, 0.1) is 17.0 Å². The molecule has 0 aliphatic heterocycles. The van der Waals surface area contributed by atoms with Crippen molar-refractivity contribution in [2.45, 2.75) is 58.1 Å². The number of hydrogen-bond acceptors (Lipinski definition) is 4. The molecular weight excluding hydrogens is 238 g/mol. The van der Waals surface area contributed by atoms with Gasteiger partial charge < -0.3 is 10.4 Å². The SMILES string of the molecule is Cc1nccnc1C(C)NCC1(O)CCC(C)CC1. The maximum Gasteiger partial charge on any atom is 0.0782 e. The third-order valence-corrected chi connectivity index (χ3v) is 4.27. The van der Waals surface area contributed by atoms with Gasteiger partial charge in [0.15, 0.2) is 0 Å². The summed E-state index contributed by atoms with van der Waals surface area (Å²) in [6.45, 7) is 6.94. The quantitative estimate of drug-likeness (QED) is 0.875. The van der Waals surface area contributed by atoms with Crippen LogP contribution >= 0.6 is 0 Å². The minimum atomic E-state index is -0.545. The first kappa shape index (κ1) is 14.4. The van der Waals surface area contributed by atoms with Crippen molar-refractivity contribution >= 4 is 0 Å². The molecule has 2 rings (SSSR count). The minimum absolute atomic E-state index is 0.122. The normalized spacial score (nSPS) is 29.2. The molecule has 1 aromatic rings. The Balaban J connectivity index is 1.90. The number of hydrogen-bond donors (Lipinski definition) is 2. The van der Waals surface area contributed by atoms with Gasteiger partial charge in [0, 0.05) is 25.0 Å². The molecule has 1 fully saturated rings. The van der Waals surface area contributed by atoms with E-state index in [-0.39, 0.29) is 6.04 Å². The summed E-state index contributed by atoms with van der Waals surface area (Å²) in [6, 6.07) is 0.122. The lowest BCUT2D eigenvalue weighted by Gasteiger charge is -2.36. The highest BCUT2D eigenvalue weighted by Crippen LogP contribution is 2.31. The molecule has 1 heterocycles. The first-order valence-corrected chi connectivity index (χ1v) is 7.23. The summed E-state index contributed by atoms with van der Waals surface area (Å²) in [6.07, 6.45) is 7.47. The molecule has 19 heavy (non-hydrogen) atoms. The summed E-state index contributed by atoms with van der Waals surface area (Å²) in [7, 11) is 0. The van der Waals surface area contributed by atoms with Crippen LogP contribution in [0.1, 0.15) is 57.0 Å². The molecule has 4 heteroatoms. The van der Waals surface area contributed by atoms with Crippen LogP contribution in [0.3, 0.4) is 0 Å². The van der Waals surface area contributed by atoms with E-state index >= 15 is 0 Å². The van der Waals surface area contributed by atoms with Crippen molar-refractivity contribution in [3.05, 3.63) is 23.8 Å². The maximum absolute atomic E-state index is 10.6. The lowest BCUT2D eigenvalue weighted by molar-refractivity contribution is -0.00794. The molecule has 1 saturated carbocycles. The summed E-state index contributed by atoms with van der Waals surface area (Å²) >= 11 is 0. The molecule has 1 aliphatic rings. The van der Waals surface area contributed by atoms with Crippen LogP contribution in [0.5, 0.6) is 0 Å². The lowest BCUT2D eigenvalue weighted by atomic mass is 9.79. The fourth-order valence-corrected chi connectivity index (χ4v) is 2.76. The maximum atomic E-state index is 10.6. The first-order valence-electron chi connectivity index (χ1n) is 7.23. The van der Waals surface area contributed by atoms with Crippen molar-refractivity contribution in [1.82, 2.24) is 15.3 Å². The van der Waals surface area contributed by atoms with Crippen LogP contribution in [0.25, 0.3) is 0 Å². The highest BCUT2D eigenvalue weighted by Gasteiger charge is 2.32. The van der Waals surface area contributed by atoms with E-state index in [1.807, 2.05) is 6.92 Å². The highest BCUT2D eigenvalue weighted by atomic mass is 16.3. The number of nitrogens with one attached hydrogen (secondary N) is 1. The molecule has 106 valence electrons. The molecule has 0 aromatic carbocycles. The Bertz CT molecular complexity index is 414. The monoisotopic (exact) mass is 263 g/mol. The molecule has 2 N–H and O–H groups in total. The number of aromatic nitrogens is 2. The Kier molecular flexibility index (Phi) is 4.53. The third kappa shape index (κ3) is 3.74. The number of aliphatic hydroxyl groups is 1. The Morgan fingerprint density at radius 1 is 1.37 bits per heavy atom. The Hall–Kier alpha value is -1.00. The molecule has 1 aromatic heterocycles. The standard InChI is InChI=1S/C15H25N3O/c1-11-4-6-15(19,7-5-11)10-18-13(3)14-12(2)16-8-9-17-14/h8-9,11,13,18-19H,4-7,10H2,1-3H3. The van der Waals surface area contributed by atoms with Crippen LogP contribution in [-0.2, 0) is 0 Å². The van der Waals surface area contributed by atoms with Gasteiger partial charge in [-0.15, -0.1) is 0 Å². The van der Waals surface area contributed by atoms with Crippen LogP contribution < -0.4 is 5.32 Å². The molecule has 1 atom stereocenters. The van der Waals surface area contributed by atoms with Crippen LogP contribution in [0.2, 0.25) is 0 Å². The topological polar surface area (TPSA) is 58.0 Å². The van der Waals surface area contributed by atoms with Gasteiger partial charge in [-0.3, -0.25) is 9.97 Å². The van der Waals surface area contributed by atoms with E-state index in [2.05, 4.69) is 29.1 Å². The summed E-state index contributed by atoms with van der Waals surface area (Å²) in [5.41, 5.74) is 1.37. The Morgan fingerprint density at radius 3 is 2.63 bits per heavy atom. The molecule has 1 unspecified atom stereocenters. The summed E-state index contributed by atoms with van der Waals surface area (Å²) in [5, 5.41) is 14.0. The fraction of sp³-hybridized carbons (Fsp3) is 0.733. The van der Waals surface area contributed by atoms with Crippen molar-refractivity contribution in [2.75, 3.05) is 6.54 Å². The van der Waals surface area contributed by atoms with Gasteiger partial charge in [-0.1, -0.05) is 6.92 Å². The average molecular weight is 263 g/mol. The number of nitrogens with zero attached hydrogens (tertiary/aromatic N) is 2. The van der Waals surface area contributed by atoms with E-state index in [0.717, 1.165) is 43.0 Å². The molecule has 1 aliphatic carbocycles. The van der Waals surface area contributed by atoms with Crippen LogP contribution in [0, 0.1) is 12.8 Å². The van der Waals surface area contributed by atoms with Crippen LogP contribution in [-0.4, -0.2) is 27.2 Å². The second-order valence-corrected chi connectivity index (χ2v) is 6.04. The van der Waals surface area contributed by atoms with E-state index < -0.39 is 5.60 Å². The van der Waals surface area contributed by atoms with E-state index in [4.69, 9.17) is 0 Å². The smallest absolute Gasteiger partial charge is 0.0782 e. The van der Waals surface area contributed by atoms with E-state index in [1.54, 1.807) is 12.4 Å². The van der Waals surface area contributed by atoms with E-state index in [1.165, 1.54) is 0 Å². The predicted molar refractivity (Wildman–Crippen MR) is 75.8 cm³/mol. The number of rotatable bonds is 4. The van der Waals surface area contributed by atoms with Gasteiger partial charge in [-0.2, -0.15) is 0 Å². The molecule has 4 nitrogen and oxygen atoms in total. The molecule has 0 spiro atoms. The van der Waals surface area contributed by atoms with Crippen molar-refractivity contribution in [1.29, 1.82) is 0 Å². The summed E-state index contributed by atoms with van der Waals surface area (Å²) < 4.78 is 0. The zero-order valence-corrected chi connectivity index (χ0v) is 12.2. The molecule has 0 bridgehead atoms. The van der Waals surface area contributed by atoms with Crippen LogP contribution in [0.15, 0.2) is 12.4 Å². The third-order valence-electron chi connectivity index (χ3n) is 4.27. The zero-order valence-electron chi connectivity index (χ0n) is 12.2. The van der Waals surface area contributed by atoms with Gasteiger partial charge in [-0.25, -0.2) is 0 Å². The molecular formula is C15H25N3O. The Morgan fingerprint density at radius 2 is 2.00 bits per heavy atom. The average Bonchev–Trinajstić information content (AvgIpc) is 2.41. The molecule has 0 saturated heterocycles. The van der Waals surface area contributed by atoms with Gasteiger partial charge >= 0.3 is 0 Å². The van der Waals surface area contributed by atoms with Gasteiger partial charge in [-0.05, 0) is 45.4 Å². The van der Waals surface area contributed by atoms with Crippen molar-refractivity contribution in [3.63, 3.8) is 0 Å². The first-order chi connectivity index (χ1) is 9.00. The minimum Gasteiger partial charge on any atom is -0.389 e. The zero-order chi connectivity index (χ0) is 13.9. The second-order valence-electron chi connectivity index (χ2n) is 6.04. The van der Waals surface area contributed by atoms with Crippen molar-refractivity contribution < 1.29 is 5.11 Å². The lowest BCUT2D eigenvalue weighted by Crippen LogP contribution is -2.44.